The number of aryl methyl sites for hydroxylation is 1. The van der Waals surface area contributed by atoms with Crippen LogP contribution in [0, 0.1) is 6.92 Å². The molecule has 1 atom stereocenters. The van der Waals surface area contributed by atoms with Crippen LogP contribution in [0.2, 0.25) is 0 Å². The number of imidazole rings is 1. The molecule has 0 N–H and O–H groups in total. The monoisotopic (exact) mass is 286 g/mol. The van der Waals surface area contributed by atoms with Crippen LogP contribution in [0.5, 0.6) is 0 Å². The number of rotatable bonds is 3. The summed E-state index contributed by atoms with van der Waals surface area (Å²) in [5, 5.41) is 0. The number of halogens is 1. The first kappa shape index (κ1) is 13.1. The summed E-state index contributed by atoms with van der Waals surface area (Å²) in [7, 11) is 0. The maximum absolute atomic E-state index is 6.06. The third-order valence-corrected chi connectivity index (χ3v) is 3.77. The first-order chi connectivity index (χ1) is 9.72. The largest absolute Gasteiger partial charge is 0.304 e. The summed E-state index contributed by atoms with van der Waals surface area (Å²) < 4.78 is 2.09. The molecule has 0 aliphatic carbocycles. The standard InChI is InChI=1S/C15H15ClN4/c1-10-5-7-18-15-14(10)19-13(8-16)20(15)11(2)12-4-3-6-17-9-12/h3-7,9,11H,8H2,1-2H3. The van der Waals surface area contributed by atoms with Gasteiger partial charge in [0, 0.05) is 18.6 Å². The Morgan fingerprint density at radius 2 is 2.15 bits per heavy atom. The highest BCUT2D eigenvalue weighted by atomic mass is 35.5. The maximum atomic E-state index is 6.06. The van der Waals surface area contributed by atoms with Gasteiger partial charge in [0.2, 0.25) is 0 Å². The van der Waals surface area contributed by atoms with Crippen LogP contribution < -0.4 is 0 Å². The van der Waals surface area contributed by atoms with E-state index in [4.69, 9.17) is 11.6 Å². The number of hydrogen-bond donors (Lipinski definition) is 0. The molecule has 102 valence electrons. The zero-order chi connectivity index (χ0) is 14.1. The molecule has 3 rings (SSSR count). The topological polar surface area (TPSA) is 43.6 Å². The summed E-state index contributed by atoms with van der Waals surface area (Å²) in [4.78, 5) is 13.3. The Balaban J connectivity index is 2.22. The zero-order valence-corrected chi connectivity index (χ0v) is 12.2. The van der Waals surface area contributed by atoms with Crippen molar-refractivity contribution < 1.29 is 0 Å². The van der Waals surface area contributed by atoms with E-state index in [1.807, 2.05) is 31.5 Å². The SMILES string of the molecule is Cc1ccnc2c1nc(CCl)n2C(C)c1cccnc1. The Bertz CT molecular complexity index is 736. The molecular weight excluding hydrogens is 272 g/mol. The molecule has 0 aromatic carbocycles. The molecule has 0 fully saturated rings. The summed E-state index contributed by atoms with van der Waals surface area (Å²) in [5.41, 5.74) is 4.01. The summed E-state index contributed by atoms with van der Waals surface area (Å²) in [6, 6.07) is 6.05. The second kappa shape index (κ2) is 5.21. The van der Waals surface area contributed by atoms with Crippen LogP contribution in [0.3, 0.4) is 0 Å². The highest BCUT2D eigenvalue weighted by Gasteiger charge is 2.18. The summed E-state index contributed by atoms with van der Waals surface area (Å²) in [5.74, 6) is 1.19. The van der Waals surface area contributed by atoms with Gasteiger partial charge in [-0.1, -0.05) is 6.07 Å². The van der Waals surface area contributed by atoms with E-state index < -0.39 is 0 Å². The lowest BCUT2D eigenvalue weighted by Crippen LogP contribution is -2.10. The lowest BCUT2D eigenvalue weighted by atomic mass is 10.1. The molecule has 0 amide bonds. The molecule has 0 bridgehead atoms. The molecule has 0 radical (unpaired) electrons. The molecular formula is C15H15ClN4. The lowest BCUT2D eigenvalue weighted by molar-refractivity contribution is 0.626. The average Bonchev–Trinajstić information content (AvgIpc) is 2.87. The molecule has 20 heavy (non-hydrogen) atoms. The highest BCUT2D eigenvalue weighted by molar-refractivity contribution is 6.16. The van der Waals surface area contributed by atoms with Crippen molar-refractivity contribution in [2.75, 3.05) is 0 Å². The third-order valence-electron chi connectivity index (χ3n) is 3.53. The van der Waals surface area contributed by atoms with Crippen LogP contribution in [0.1, 0.15) is 29.9 Å². The van der Waals surface area contributed by atoms with Gasteiger partial charge in [-0.25, -0.2) is 9.97 Å². The number of alkyl halides is 1. The Morgan fingerprint density at radius 3 is 2.85 bits per heavy atom. The van der Waals surface area contributed by atoms with Gasteiger partial charge >= 0.3 is 0 Å². The van der Waals surface area contributed by atoms with Crippen molar-refractivity contribution in [1.82, 2.24) is 19.5 Å². The van der Waals surface area contributed by atoms with Crippen molar-refractivity contribution >= 4 is 22.8 Å². The van der Waals surface area contributed by atoms with Crippen molar-refractivity contribution in [3.63, 3.8) is 0 Å². The molecule has 0 saturated carbocycles. The number of aromatic nitrogens is 4. The van der Waals surface area contributed by atoms with Crippen LogP contribution in [-0.4, -0.2) is 19.5 Å². The fourth-order valence-corrected chi connectivity index (χ4v) is 2.62. The molecule has 0 aliphatic heterocycles. The predicted octanol–water partition coefficient (Wildman–Crippen LogP) is 3.48. The van der Waals surface area contributed by atoms with Gasteiger partial charge in [0.15, 0.2) is 5.65 Å². The van der Waals surface area contributed by atoms with Crippen molar-refractivity contribution in [3.8, 4) is 0 Å². The molecule has 0 saturated heterocycles. The average molecular weight is 287 g/mol. The normalized spacial score (nSPS) is 12.8. The Labute approximate surface area is 122 Å². The predicted molar refractivity (Wildman–Crippen MR) is 79.9 cm³/mol. The lowest BCUT2D eigenvalue weighted by Gasteiger charge is -2.16. The van der Waals surface area contributed by atoms with Gasteiger partial charge in [-0.2, -0.15) is 0 Å². The van der Waals surface area contributed by atoms with Gasteiger partial charge in [-0.05, 0) is 37.1 Å². The first-order valence-corrected chi connectivity index (χ1v) is 7.04. The summed E-state index contributed by atoms with van der Waals surface area (Å²) in [6.07, 6.45) is 5.45. The molecule has 3 aromatic rings. The number of pyridine rings is 2. The van der Waals surface area contributed by atoms with Crippen molar-refractivity contribution in [1.29, 1.82) is 0 Å². The molecule has 3 aromatic heterocycles. The van der Waals surface area contributed by atoms with E-state index >= 15 is 0 Å². The summed E-state index contributed by atoms with van der Waals surface area (Å²) >= 11 is 6.06. The fourth-order valence-electron chi connectivity index (χ4n) is 2.43. The van der Waals surface area contributed by atoms with Crippen molar-refractivity contribution in [2.24, 2.45) is 0 Å². The van der Waals surface area contributed by atoms with E-state index in [-0.39, 0.29) is 6.04 Å². The third kappa shape index (κ3) is 2.06. The van der Waals surface area contributed by atoms with Gasteiger partial charge in [-0.3, -0.25) is 4.98 Å². The van der Waals surface area contributed by atoms with Crippen LogP contribution in [-0.2, 0) is 5.88 Å². The van der Waals surface area contributed by atoms with Gasteiger partial charge in [0.05, 0.1) is 11.9 Å². The minimum absolute atomic E-state index is 0.0942. The molecule has 0 spiro atoms. The van der Waals surface area contributed by atoms with Crippen LogP contribution in [0.15, 0.2) is 36.8 Å². The number of nitrogens with zero attached hydrogens (tertiary/aromatic N) is 4. The van der Waals surface area contributed by atoms with E-state index in [2.05, 4.69) is 32.5 Å². The van der Waals surface area contributed by atoms with Crippen LogP contribution in [0.4, 0.5) is 0 Å². The minimum Gasteiger partial charge on any atom is -0.304 e. The van der Waals surface area contributed by atoms with E-state index in [1.165, 1.54) is 0 Å². The van der Waals surface area contributed by atoms with Crippen LogP contribution >= 0.6 is 11.6 Å². The van der Waals surface area contributed by atoms with Crippen molar-refractivity contribution in [3.05, 3.63) is 53.7 Å². The van der Waals surface area contributed by atoms with Gasteiger partial charge < -0.3 is 4.57 Å². The molecule has 1 unspecified atom stereocenters. The van der Waals surface area contributed by atoms with Gasteiger partial charge in [-0.15, -0.1) is 11.6 Å². The number of fused-ring (bicyclic) bond motifs is 1. The molecule has 0 aliphatic rings. The second-order valence-corrected chi connectivity index (χ2v) is 5.06. The smallest absolute Gasteiger partial charge is 0.160 e. The molecule has 5 heteroatoms. The maximum Gasteiger partial charge on any atom is 0.160 e. The Kier molecular flexibility index (Phi) is 3.40. The second-order valence-electron chi connectivity index (χ2n) is 4.79. The Hall–Kier alpha value is -1.94. The van der Waals surface area contributed by atoms with E-state index in [0.717, 1.165) is 28.1 Å². The summed E-state index contributed by atoms with van der Waals surface area (Å²) in [6.45, 7) is 4.15. The van der Waals surface area contributed by atoms with E-state index in [9.17, 15) is 0 Å². The van der Waals surface area contributed by atoms with E-state index in [0.29, 0.717) is 5.88 Å². The fraction of sp³-hybridized carbons (Fsp3) is 0.267. The molecule has 4 nitrogen and oxygen atoms in total. The zero-order valence-electron chi connectivity index (χ0n) is 11.4. The molecule has 3 heterocycles. The quantitative estimate of drug-likeness (QED) is 0.692. The highest BCUT2D eigenvalue weighted by Crippen LogP contribution is 2.26. The first-order valence-electron chi connectivity index (χ1n) is 6.50. The van der Waals surface area contributed by atoms with Crippen LogP contribution in [0.25, 0.3) is 11.2 Å². The number of hydrogen-bond acceptors (Lipinski definition) is 3. The van der Waals surface area contributed by atoms with Gasteiger partial charge in [0.1, 0.15) is 11.3 Å². The van der Waals surface area contributed by atoms with E-state index in [1.54, 1.807) is 6.20 Å². The Morgan fingerprint density at radius 1 is 1.30 bits per heavy atom. The van der Waals surface area contributed by atoms with Crippen molar-refractivity contribution in [2.45, 2.75) is 25.8 Å². The van der Waals surface area contributed by atoms with Gasteiger partial charge in [0.25, 0.3) is 0 Å². The minimum atomic E-state index is 0.0942.